The van der Waals surface area contributed by atoms with E-state index in [2.05, 4.69) is 88.6 Å². The molecule has 0 aromatic heterocycles. The molecule has 0 bridgehead atoms. The van der Waals surface area contributed by atoms with Crippen molar-refractivity contribution < 1.29 is 4.74 Å². The fourth-order valence-electron chi connectivity index (χ4n) is 2.94. The van der Waals surface area contributed by atoms with Crippen LogP contribution in [-0.2, 0) is 0 Å². The average Bonchev–Trinajstić information content (AvgIpc) is 2.58. The maximum atomic E-state index is 6.44. The minimum atomic E-state index is -0.610. The molecule has 0 heterocycles. The highest BCUT2D eigenvalue weighted by Crippen LogP contribution is 2.29. The zero-order valence-corrected chi connectivity index (χ0v) is 17.7. The maximum absolute atomic E-state index is 6.44. The summed E-state index contributed by atoms with van der Waals surface area (Å²) >= 11 is 0. The predicted octanol–water partition coefficient (Wildman–Crippen LogP) is 3.47. The molecule has 0 unspecified atom stereocenters. The number of nitrogens with zero attached hydrogens (tertiary/aromatic N) is 1. The van der Waals surface area contributed by atoms with Gasteiger partial charge in [0, 0.05) is 13.1 Å². The van der Waals surface area contributed by atoms with Crippen LogP contribution in [0.3, 0.4) is 0 Å². The van der Waals surface area contributed by atoms with Gasteiger partial charge in [-0.3, -0.25) is 0 Å². The SMILES string of the molecule is C=Cc1ccc([SiH2]c2cccc(N(CC)CC)c2OC(C)(C)C)cc1. The topological polar surface area (TPSA) is 12.5 Å². The third-order valence-electron chi connectivity index (χ3n) is 4.20. The Morgan fingerprint density at radius 1 is 1.04 bits per heavy atom. The van der Waals surface area contributed by atoms with Crippen molar-refractivity contribution in [1.82, 2.24) is 0 Å². The molecule has 0 N–H and O–H groups in total. The summed E-state index contributed by atoms with van der Waals surface area (Å²) < 4.78 is 6.44. The standard InChI is InChI=1S/C22H31NOSi/c1-7-17-13-15-18(16-14-17)25-20-12-10-11-19(23(8-2)9-3)21(20)24-22(4,5)6/h7,10-16H,1,8-9,25H2,2-6H3. The molecule has 0 aliphatic heterocycles. The number of rotatable bonds is 7. The van der Waals surface area contributed by atoms with E-state index < -0.39 is 9.52 Å². The monoisotopic (exact) mass is 353 g/mol. The molecule has 0 spiro atoms. The van der Waals surface area contributed by atoms with Crippen molar-refractivity contribution in [1.29, 1.82) is 0 Å². The molecule has 0 aliphatic carbocycles. The molecular weight excluding hydrogens is 322 g/mol. The molecule has 0 saturated heterocycles. The van der Waals surface area contributed by atoms with Gasteiger partial charge in [-0.25, -0.2) is 0 Å². The molecule has 3 heteroatoms. The lowest BCUT2D eigenvalue weighted by Gasteiger charge is -2.30. The highest BCUT2D eigenvalue weighted by molar-refractivity contribution is 6.68. The van der Waals surface area contributed by atoms with E-state index in [1.807, 2.05) is 6.08 Å². The average molecular weight is 354 g/mol. The van der Waals surface area contributed by atoms with Crippen LogP contribution in [0.5, 0.6) is 5.75 Å². The molecule has 0 amide bonds. The van der Waals surface area contributed by atoms with Crippen molar-refractivity contribution in [3.63, 3.8) is 0 Å². The van der Waals surface area contributed by atoms with Crippen LogP contribution < -0.4 is 20.0 Å². The summed E-state index contributed by atoms with van der Waals surface area (Å²) in [7, 11) is -0.610. The summed E-state index contributed by atoms with van der Waals surface area (Å²) in [6, 6.07) is 15.3. The number of hydrogen-bond donors (Lipinski definition) is 0. The summed E-state index contributed by atoms with van der Waals surface area (Å²) in [5.74, 6) is 1.07. The molecule has 0 aliphatic rings. The minimum absolute atomic E-state index is 0.209. The fourth-order valence-corrected chi connectivity index (χ4v) is 4.52. The second-order valence-electron chi connectivity index (χ2n) is 7.27. The zero-order chi connectivity index (χ0) is 18.4. The van der Waals surface area contributed by atoms with Crippen molar-refractivity contribution in [2.45, 2.75) is 40.2 Å². The van der Waals surface area contributed by atoms with Crippen LogP contribution in [0.4, 0.5) is 5.69 Å². The van der Waals surface area contributed by atoms with Crippen LogP contribution >= 0.6 is 0 Å². The number of benzene rings is 2. The Morgan fingerprint density at radius 3 is 2.20 bits per heavy atom. The van der Waals surface area contributed by atoms with Gasteiger partial charge in [0.2, 0.25) is 0 Å². The third-order valence-corrected chi connectivity index (χ3v) is 6.02. The fraction of sp³-hybridized carbons (Fsp3) is 0.364. The first-order chi connectivity index (χ1) is 11.9. The molecule has 2 rings (SSSR count). The van der Waals surface area contributed by atoms with Gasteiger partial charge in [0.15, 0.2) is 0 Å². The highest BCUT2D eigenvalue weighted by Gasteiger charge is 2.20. The molecule has 2 aromatic rings. The quantitative estimate of drug-likeness (QED) is 0.707. The second-order valence-corrected chi connectivity index (χ2v) is 9.21. The van der Waals surface area contributed by atoms with E-state index in [-0.39, 0.29) is 5.60 Å². The van der Waals surface area contributed by atoms with E-state index in [4.69, 9.17) is 4.74 Å². The Bertz CT molecular complexity index is 697. The Labute approximate surface area is 155 Å². The lowest BCUT2D eigenvalue weighted by Crippen LogP contribution is -2.35. The van der Waals surface area contributed by atoms with Crippen molar-refractivity contribution in [3.05, 3.63) is 54.6 Å². The molecule has 25 heavy (non-hydrogen) atoms. The number of hydrogen-bond acceptors (Lipinski definition) is 2. The molecule has 0 fully saturated rings. The van der Waals surface area contributed by atoms with E-state index in [1.165, 1.54) is 21.6 Å². The molecule has 2 nitrogen and oxygen atoms in total. The second kappa shape index (κ2) is 8.39. The molecule has 2 aromatic carbocycles. The molecule has 0 saturated carbocycles. The lowest BCUT2D eigenvalue weighted by molar-refractivity contribution is 0.133. The zero-order valence-electron chi connectivity index (χ0n) is 16.3. The Balaban J connectivity index is 2.44. The predicted molar refractivity (Wildman–Crippen MR) is 115 cm³/mol. The van der Waals surface area contributed by atoms with E-state index >= 15 is 0 Å². The van der Waals surface area contributed by atoms with Crippen LogP contribution in [0.1, 0.15) is 40.2 Å². The van der Waals surface area contributed by atoms with Crippen LogP contribution in [0.15, 0.2) is 49.0 Å². The normalized spacial score (nSPS) is 11.7. The van der Waals surface area contributed by atoms with Crippen LogP contribution in [-0.4, -0.2) is 28.2 Å². The minimum Gasteiger partial charge on any atom is -0.486 e. The summed E-state index contributed by atoms with van der Waals surface area (Å²) in [6.45, 7) is 16.6. The van der Waals surface area contributed by atoms with Gasteiger partial charge in [-0.1, -0.05) is 54.2 Å². The van der Waals surface area contributed by atoms with Gasteiger partial charge in [0.05, 0.1) is 15.2 Å². The van der Waals surface area contributed by atoms with Gasteiger partial charge in [-0.15, -0.1) is 0 Å². The molecule has 0 atom stereocenters. The van der Waals surface area contributed by atoms with Crippen molar-refractivity contribution >= 4 is 31.7 Å². The molecular formula is C22H31NOSi. The van der Waals surface area contributed by atoms with Gasteiger partial charge in [-0.2, -0.15) is 0 Å². The van der Waals surface area contributed by atoms with Crippen LogP contribution in [0.25, 0.3) is 6.08 Å². The van der Waals surface area contributed by atoms with E-state index in [1.54, 1.807) is 0 Å². The van der Waals surface area contributed by atoms with Crippen molar-refractivity contribution in [3.8, 4) is 5.75 Å². The Hall–Kier alpha value is -2.00. The van der Waals surface area contributed by atoms with Crippen LogP contribution in [0.2, 0.25) is 0 Å². The number of ether oxygens (including phenoxy) is 1. The Morgan fingerprint density at radius 2 is 1.68 bits per heavy atom. The van der Waals surface area contributed by atoms with Gasteiger partial charge < -0.3 is 9.64 Å². The number of anilines is 1. The van der Waals surface area contributed by atoms with Crippen molar-refractivity contribution in [2.24, 2.45) is 0 Å². The smallest absolute Gasteiger partial charge is 0.142 e. The lowest BCUT2D eigenvalue weighted by atomic mass is 10.2. The molecule has 134 valence electrons. The Kier molecular flexibility index (Phi) is 6.49. The van der Waals surface area contributed by atoms with Gasteiger partial charge in [0.25, 0.3) is 0 Å². The first-order valence-electron chi connectivity index (χ1n) is 9.15. The summed E-state index contributed by atoms with van der Waals surface area (Å²) in [5, 5.41) is 2.78. The summed E-state index contributed by atoms with van der Waals surface area (Å²) in [4.78, 5) is 2.37. The van der Waals surface area contributed by atoms with Gasteiger partial charge in [0.1, 0.15) is 11.4 Å². The van der Waals surface area contributed by atoms with E-state index in [0.29, 0.717) is 0 Å². The van der Waals surface area contributed by atoms with Crippen molar-refractivity contribution in [2.75, 3.05) is 18.0 Å². The van der Waals surface area contributed by atoms with E-state index in [0.717, 1.165) is 18.8 Å². The number of para-hydroxylation sites is 1. The van der Waals surface area contributed by atoms with Gasteiger partial charge >= 0.3 is 0 Å². The summed E-state index contributed by atoms with van der Waals surface area (Å²) in [5.41, 5.74) is 2.17. The van der Waals surface area contributed by atoms with Crippen LogP contribution in [0, 0.1) is 0 Å². The summed E-state index contributed by atoms with van der Waals surface area (Å²) in [6.07, 6.45) is 1.89. The first kappa shape index (κ1) is 19.3. The first-order valence-corrected chi connectivity index (χ1v) is 10.6. The third kappa shape index (κ3) is 5.23. The van der Waals surface area contributed by atoms with Gasteiger partial charge in [-0.05, 0) is 51.4 Å². The van der Waals surface area contributed by atoms with E-state index in [9.17, 15) is 0 Å². The molecule has 0 radical (unpaired) electrons. The largest absolute Gasteiger partial charge is 0.486 e. The maximum Gasteiger partial charge on any atom is 0.142 e. The highest BCUT2D eigenvalue weighted by atomic mass is 28.2.